The van der Waals surface area contributed by atoms with Crippen molar-refractivity contribution < 1.29 is 19.2 Å². The molecular weight excluding hydrogens is 463 g/mol. The molecule has 0 heterocycles. The van der Waals surface area contributed by atoms with Crippen LogP contribution in [0.15, 0.2) is 76.5 Å². The molecule has 0 aliphatic heterocycles. The number of nitro benzene ring substituents is 1. The van der Waals surface area contributed by atoms with Gasteiger partial charge in [-0.05, 0) is 42.5 Å². The maximum absolute atomic E-state index is 12.3. The van der Waals surface area contributed by atoms with Crippen molar-refractivity contribution in [2.45, 2.75) is 9.79 Å². The third-order valence-corrected chi connectivity index (χ3v) is 5.58. The van der Waals surface area contributed by atoms with Crippen LogP contribution < -0.4 is 5.32 Å². The number of nitrogens with zero attached hydrogens (tertiary/aromatic N) is 1. The molecule has 1 N–H and O–H groups in total. The number of esters is 1. The molecular formula is C21H14Cl2N2O5S. The summed E-state index contributed by atoms with van der Waals surface area (Å²) < 4.78 is 4.97. The summed E-state index contributed by atoms with van der Waals surface area (Å²) in [6.07, 6.45) is 0. The second-order valence-electron chi connectivity index (χ2n) is 6.10. The van der Waals surface area contributed by atoms with E-state index >= 15 is 0 Å². The Bertz CT molecular complexity index is 1140. The van der Waals surface area contributed by atoms with Gasteiger partial charge in [-0.25, -0.2) is 4.79 Å². The van der Waals surface area contributed by atoms with E-state index in [2.05, 4.69) is 5.32 Å². The molecule has 0 atom stereocenters. The number of ether oxygens (including phenoxy) is 1. The highest BCUT2D eigenvalue weighted by molar-refractivity contribution is 7.99. The lowest BCUT2D eigenvalue weighted by molar-refractivity contribution is -0.384. The van der Waals surface area contributed by atoms with Gasteiger partial charge in [0.25, 0.3) is 11.6 Å². The van der Waals surface area contributed by atoms with Gasteiger partial charge in [-0.15, -0.1) is 0 Å². The van der Waals surface area contributed by atoms with Gasteiger partial charge in [-0.2, -0.15) is 0 Å². The van der Waals surface area contributed by atoms with Crippen LogP contribution in [-0.2, 0) is 9.53 Å². The minimum atomic E-state index is -0.937. The van der Waals surface area contributed by atoms with E-state index in [1.165, 1.54) is 23.9 Å². The minimum Gasteiger partial charge on any atom is -0.452 e. The maximum Gasteiger partial charge on any atom is 0.340 e. The Kier molecular flexibility index (Phi) is 7.51. The van der Waals surface area contributed by atoms with Crippen molar-refractivity contribution in [2.24, 2.45) is 0 Å². The van der Waals surface area contributed by atoms with Crippen LogP contribution in [0.5, 0.6) is 0 Å². The average Bonchev–Trinajstić information content (AvgIpc) is 2.75. The fourth-order valence-electron chi connectivity index (χ4n) is 2.47. The monoisotopic (exact) mass is 476 g/mol. The van der Waals surface area contributed by atoms with Crippen molar-refractivity contribution in [3.63, 3.8) is 0 Å². The van der Waals surface area contributed by atoms with Gasteiger partial charge in [0.15, 0.2) is 6.61 Å². The van der Waals surface area contributed by atoms with Crippen LogP contribution in [-0.4, -0.2) is 23.4 Å². The number of carbonyl (C=O) groups is 2. The van der Waals surface area contributed by atoms with Gasteiger partial charge < -0.3 is 10.1 Å². The molecule has 0 aromatic heterocycles. The van der Waals surface area contributed by atoms with Gasteiger partial charge in [0.05, 0.1) is 21.2 Å². The number of nitrogens with one attached hydrogen (secondary N) is 1. The quantitative estimate of drug-likeness (QED) is 0.261. The molecule has 10 heteroatoms. The predicted octanol–water partition coefficient (Wildman–Crippen LogP) is 5.85. The van der Waals surface area contributed by atoms with Crippen LogP contribution in [0.2, 0.25) is 10.0 Å². The Hall–Kier alpha value is -3.07. The van der Waals surface area contributed by atoms with Crippen LogP contribution in [0.3, 0.4) is 0 Å². The minimum absolute atomic E-state index is 0.0132. The molecule has 3 aromatic carbocycles. The van der Waals surface area contributed by atoms with Crippen LogP contribution >= 0.6 is 35.0 Å². The van der Waals surface area contributed by atoms with E-state index in [1.54, 1.807) is 24.3 Å². The molecule has 0 aliphatic rings. The van der Waals surface area contributed by atoms with Crippen LogP contribution in [0.1, 0.15) is 10.4 Å². The Morgan fingerprint density at radius 2 is 1.74 bits per heavy atom. The number of hydrogen-bond acceptors (Lipinski definition) is 6. The molecule has 0 spiro atoms. The van der Waals surface area contributed by atoms with Gasteiger partial charge in [0.2, 0.25) is 0 Å². The number of amides is 1. The van der Waals surface area contributed by atoms with Gasteiger partial charge in [0, 0.05) is 26.9 Å². The number of hydrogen-bond donors (Lipinski definition) is 1. The molecule has 0 saturated carbocycles. The lowest BCUT2D eigenvalue weighted by atomic mass is 10.2. The molecule has 0 unspecified atom stereocenters. The van der Waals surface area contributed by atoms with Gasteiger partial charge in [0.1, 0.15) is 0 Å². The molecule has 3 aromatic rings. The average molecular weight is 477 g/mol. The Morgan fingerprint density at radius 1 is 1.03 bits per heavy atom. The number of rotatable bonds is 7. The molecule has 31 heavy (non-hydrogen) atoms. The Morgan fingerprint density at radius 3 is 2.45 bits per heavy atom. The summed E-state index contributed by atoms with van der Waals surface area (Å²) in [6.45, 7) is -0.586. The number of benzene rings is 3. The van der Waals surface area contributed by atoms with E-state index in [9.17, 15) is 19.7 Å². The van der Waals surface area contributed by atoms with E-state index in [1.807, 2.05) is 24.3 Å². The summed E-state index contributed by atoms with van der Waals surface area (Å²) in [5.74, 6) is -1.51. The summed E-state index contributed by atoms with van der Waals surface area (Å²) in [7, 11) is 0. The van der Waals surface area contributed by atoms with E-state index in [4.69, 9.17) is 27.9 Å². The second-order valence-corrected chi connectivity index (χ2v) is 8.06. The molecule has 0 radical (unpaired) electrons. The summed E-state index contributed by atoms with van der Waals surface area (Å²) in [4.78, 5) is 36.4. The highest BCUT2D eigenvalue weighted by atomic mass is 35.5. The number of halogens is 2. The number of non-ortho nitro benzene ring substituents is 1. The molecule has 0 fully saturated rings. The van der Waals surface area contributed by atoms with Gasteiger partial charge >= 0.3 is 5.97 Å². The highest BCUT2D eigenvalue weighted by Gasteiger charge is 2.18. The number of anilines is 1. The van der Waals surface area contributed by atoms with Crippen LogP contribution in [0.25, 0.3) is 0 Å². The molecule has 158 valence electrons. The molecule has 7 nitrogen and oxygen atoms in total. The number of carbonyl (C=O) groups excluding carboxylic acids is 2. The number of nitro groups is 1. The standard InChI is InChI=1S/C21H14Cl2N2O5S/c22-13-5-8-15(9-6-13)31-19-4-2-1-3-18(19)24-20(26)12-30-21(27)16-11-14(25(28)29)7-10-17(16)23/h1-11H,12H2,(H,24,26). The lowest BCUT2D eigenvalue weighted by Crippen LogP contribution is -2.21. The molecule has 0 aliphatic carbocycles. The first kappa shape index (κ1) is 22.6. The fraction of sp³-hybridized carbons (Fsp3) is 0.0476. The van der Waals surface area contributed by atoms with Crippen molar-refractivity contribution in [1.82, 2.24) is 0 Å². The summed E-state index contributed by atoms with van der Waals surface area (Å²) in [5, 5.41) is 14.2. The third kappa shape index (κ3) is 6.21. The summed E-state index contributed by atoms with van der Waals surface area (Å²) in [6, 6.07) is 17.8. The Balaban J connectivity index is 1.64. The van der Waals surface area contributed by atoms with E-state index < -0.39 is 23.4 Å². The molecule has 1 amide bonds. The number of para-hydroxylation sites is 1. The van der Waals surface area contributed by atoms with E-state index in [-0.39, 0.29) is 16.3 Å². The first-order valence-electron chi connectivity index (χ1n) is 8.77. The van der Waals surface area contributed by atoms with Crippen molar-refractivity contribution in [3.05, 3.63) is 92.5 Å². The fourth-order valence-corrected chi connectivity index (χ4v) is 3.69. The molecule has 0 bridgehead atoms. The smallest absolute Gasteiger partial charge is 0.340 e. The topological polar surface area (TPSA) is 98.5 Å². The summed E-state index contributed by atoms with van der Waals surface area (Å²) in [5.41, 5.74) is 0.0354. The van der Waals surface area contributed by atoms with Gasteiger partial charge in [-0.3, -0.25) is 14.9 Å². The molecule has 3 rings (SSSR count). The third-order valence-electron chi connectivity index (χ3n) is 3.92. The maximum atomic E-state index is 12.3. The summed E-state index contributed by atoms with van der Waals surface area (Å²) >= 11 is 13.2. The Labute approximate surface area is 191 Å². The van der Waals surface area contributed by atoms with E-state index in [0.717, 1.165) is 15.9 Å². The molecule has 0 saturated heterocycles. The lowest BCUT2D eigenvalue weighted by Gasteiger charge is -2.11. The zero-order valence-electron chi connectivity index (χ0n) is 15.7. The first-order valence-corrected chi connectivity index (χ1v) is 10.3. The van der Waals surface area contributed by atoms with Crippen molar-refractivity contribution in [3.8, 4) is 0 Å². The predicted molar refractivity (Wildman–Crippen MR) is 119 cm³/mol. The zero-order chi connectivity index (χ0) is 22.4. The highest BCUT2D eigenvalue weighted by Crippen LogP contribution is 2.33. The van der Waals surface area contributed by atoms with Crippen LogP contribution in [0.4, 0.5) is 11.4 Å². The SMILES string of the molecule is O=C(COC(=O)c1cc([N+](=O)[O-])ccc1Cl)Nc1ccccc1Sc1ccc(Cl)cc1. The van der Waals surface area contributed by atoms with E-state index in [0.29, 0.717) is 10.7 Å². The largest absolute Gasteiger partial charge is 0.452 e. The normalized spacial score (nSPS) is 10.4. The second kappa shape index (κ2) is 10.3. The van der Waals surface area contributed by atoms with Crippen molar-refractivity contribution in [2.75, 3.05) is 11.9 Å². The van der Waals surface area contributed by atoms with Crippen LogP contribution in [0, 0.1) is 10.1 Å². The first-order chi connectivity index (χ1) is 14.8. The zero-order valence-corrected chi connectivity index (χ0v) is 18.0. The van der Waals surface area contributed by atoms with Crippen molar-refractivity contribution >= 4 is 58.2 Å². The van der Waals surface area contributed by atoms with Crippen molar-refractivity contribution in [1.29, 1.82) is 0 Å². The van der Waals surface area contributed by atoms with Gasteiger partial charge in [-0.1, -0.05) is 47.1 Å².